The number of nitrogens with zero attached hydrogens (tertiary/aromatic N) is 4. The van der Waals surface area contributed by atoms with Crippen LogP contribution >= 0.6 is 0 Å². The van der Waals surface area contributed by atoms with Crippen molar-refractivity contribution in [1.29, 1.82) is 0 Å². The molecule has 0 fully saturated rings. The van der Waals surface area contributed by atoms with Crippen molar-refractivity contribution >= 4 is 11.8 Å². The molecule has 2 aromatic heterocycles. The number of anilines is 1. The third-order valence-electron chi connectivity index (χ3n) is 5.59. The molecule has 0 saturated heterocycles. The Morgan fingerprint density at radius 1 is 1.12 bits per heavy atom. The predicted octanol–water partition coefficient (Wildman–Crippen LogP) is 4.42. The van der Waals surface area contributed by atoms with E-state index in [0.29, 0.717) is 30.8 Å². The maximum atomic E-state index is 12.6. The molecule has 33 heavy (non-hydrogen) atoms. The molecule has 0 aliphatic rings. The summed E-state index contributed by atoms with van der Waals surface area (Å²) in [5.74, 6) is 0. The van der Waals surface area contributed by atoms with Crippen molar-refractivity contribution in [1.82, 2.24) is 20.0 Å². The summed E-state index contributed by atoms with van der Waals surface area (Å²) in [6, 6.07) is 14.8. The highest BCUT2D eigenvalue weighted by molar-refractivity contribution is 5.87. The van der Waals surface area contributed by atoms with Crippen molar-refractivity contribution in [2.45, 2.75) is 26.7 Å². The minimum absolute atomic E-state index is 0.158. The summed E-state index contributed by atoms with van der Waals surface area (Å²) in [6.07, 6.45) is 5.26. The van der Waals surface area contributed by atoms with Crippen LogP contribution in [0.25, 0.3) is 16.8 Å². The van der Waals surface area contributed by atoms with Crippen LogP contribution in [-0.4, -0.2) is 37.7 Å². The molecule has 2 aromatic carbocycles. The predicted molar refractivity (Wildman–Crippen MR) is 127 cm³/mol. The highest BCUT2D eigenvalue weighted by Crippen LogP contribution is 2.25. The zero-order valence-electron chi connectivity index (χ0n) is 18.5. The van der Waals surface area contributed by atoms with E-state index >= 15 is 0 Å². The van der Waals surface area contributed by atoms with Gasteiger partial charge in [0.05, 0.1) is 17.6 Å². The van der Waals surface area contributed by atoms with Crippen molar-refractivity contribution in [2.75, 3.05) is 11.4 Å². The van der Waals surface area contributed by atoms with Gasteiger partial charge in [0.25, 0.3) is 0 Å². The van der Waals surface area contributed by atoms with Crippen molar-refractivity contribution in [3.05, 3.63) is 94.2 Å². The van der Waals surface area contributed by atoms with E-state index in [2.05, 4.69) is 15.3 Å². The number of aromatic amines is 1. The zero-order chi connectivity index (χ0) is 23.4. The second kappa shape index (κ2) is 9.52. The Hall–Kier alpha value is -4.20. The number of nitrogens with one attached hydrogen (secondary N) is 1. The number of rotatable bonds is 7. The largest absolute Gasteiger partial charge is 0.465 e. The third kappa shape index (κ3) is 4.69. The molecule has 8 nitrogen and oxygen atoms in total. The molecule has 0 aliphatic carbocycles. The molecule has 168 valence electrons. The summed E-state index contributed by atoms with van der Waals surface area (Å²) in [7, 11) is 0. The number of hydrogen-bond acceptors (Lipinski definition) is 4. The molecular formula is C25H25N5O3. The van der Waals surface area contributed by atoms with Gasteiger partial charge in [-0.1, -0.05) is 31.2 Å². The molecule has 2 heterocycles. The maximum Gasteiger partial charge on any atom is 0.411 e. The Labute approximate surface area is 191 Å². The van der Waals surface area contributed by atoms with Crippen LogP contribution in [0.15, 0.2) is 71.9 Å². The third-order valence-corrected chi connectivity index (χ3v) is 5.59. The molecule has 0 unspecified atom stereocenters. The van der Waals surface area contributed by atoms with Crippen LogP contribution < -0.4 is 10.3 Å². The van der Waals surface area contributed by atoms with Crippen molar-refractivity contribution in [3.8, 4) is 16.8 Å². The van der Waals surface area contributed by atoms with Gasteiger partial charge in [-0.25, -0.2) is 9.48 Å². The second-order valence-corrected chi connectivity index (χ2v) is 7.78. The van der Waals surface area contributed by atoms with Gasteiger partial charge in [-0.3, -0.25) is 14.8 Å². The lowest BCUT2D eigenvalue weighted by atomic mass is 10.0. The van der Waals surface area contributed by atoms with Crippen LogP contribution in [0, 0.1) is 6.92 Å². The smallest absolute Gasteiger partial charge is 0.411 e. The summed E-state index contributed by atoms with van der Waals surface area (Å²) in [5.41, 5.74) is 5.41. The molecule has 0 aliphatic heterocycles. The van der Waals surface area contributed by atoms with Gasteiger partial charge in [0, 0.05) is 37.0 Å². The number of amides is 1. The van der Waals surface area contributed by atoms with Gasteiger partial charge in [0.2, 0.25) is 5.43 Å². The molecule has 8 heteroatoms. The lowest BCUT2D eigenvalue weighted by Gasteiger charge is -2.22. The van der Waals surface area contributed by atoms with Crippen molar-refractivity contribution in [3.63, 3.8) is 0 Å². The van der Waals surface area contributed by atoms with E-state index in [1.807, 2.05) is 56.4 Å². The number of hydrogen-bond donors (Lipinski definition) is 2. The van der Waals surface area contributed by atoms with Gasteiger partial charge in [-0.05, 0) is 48.2 Å². The fourth-order valence-electron chi connectivity index (χ4n) is 3.81. The first-order chi connectivity index (χ1) is 16.0. The normalized spacial score (nSPS) is 10.8. The van der Waals surface area contributed by atoms with Gasteiger partial charge in [0.1, 0.15) is 5.69 Å². The summed E-state index contributed by atoms with van der Waals surface area (Å²) in [5, 5.41) is 21.0. The topological polar surface area (TPSA) is 104 Å². The van der Waals surface area contributed by atoms with Gasteiger partial charge >= 0.3 is 6.09 Å². The average molecular weight is 444 g/mol. The van der Waals surface area contributed by atoms with E-state index in [9.17, 15) is 14.7 Å². The number of aromatic nitrogens is 4. The lowest BCUT2D eigenvalue weighted by Crippen LogP contribution is -2.30. The second-order valence-electron chi connectivity index (χ2n) is 7.78. The lowest BCUT2D eigenvalue weighted by molar-refractivity contribution is 0.201. The monoisotopic (exact) mass is 443 g/mol. The van der Waals surface area contributed by atoms with E-state index < -0.39 is 6.09 Å². The number of H-pyrrole nitrogens is 1. The molecule has 1 amide bonds. The molecule has 2 N–H and O–H groups in total. The Morgan fingerprint density at radius 3 is 2.58 bits per heavy atom. The Bertz CT molecular complexity index is 1310. The van der Waals surface area contributed by atoms with Gasteiger partial charge < -0.3 is 5.11 Å². The molecule has 0 radical (unpaired) electrons. The Kier molecular flexibility index (Phi) is 6.35. The first kappa shape index (κ1) is 22.0. The highest BCUT2D eigenvalue weighted by Gasteiger charge is 2.18. The zero-order valence-corrected chi connectivity index (χ0v) is 18.5. The van der Waals surface area contributed by atoms with E-state index in [1.54, 1.807) is 23.1 Å². The summed E-state index contributed by atoms with van der Waals surface area (Å²) < 4.78 is 1.68. The van der Waals surface area contributed by atoms with Crippen LogP contribution in [0.5, 0.6) is 0 Å². The number of benzene rings is 2. The minimum Gasteiger partial charge on any atom is -0.465 e. The van der Waals surface area contributed by atoms with E-state index in [0.717, 1.165) is 27.9 Å². The summed E-state index contributed by atoms with van der Waals surface area (Å²) >= 11 is 0. The SMILES string of the molecule is CCCN(C(=O)O)c1cccc(Cc2nn(-c3ccc(-c4cn[nH]c4)cc3)ccc2=O)c1C. The highest BCUT2D eigenvalue weighted by atomic mass is 16.4. The molecule has 4 rings (SSSR count). The van der Waals surface area contributed by atoms with Gasteiger partial charge in [0.15, 0.2) is 0 Å². The number of carboxylic acid groups (broad SMARTS) is 1. The first-order valence-corrected chi connectivity index (χ1v) is 10.8. The quantitative estimate of drug-likeness (QED) is 0.440. The number of carbonyl (C=O) groups is 1. The Morgan fingerprint density at radius 2 is 1.91 bits per heavy atom. The first-order valence-electron chi connectivity index (χ1n) is 10.8. The Balaban J connectivity index is 1.64. The van der Waals surface area contributed by atoms with E-state index in [-0.39, 0.29) is 5.43 Å². The van der Waals surface area contributed by atoms with Gasteiger partial charge in [-0.2, -0.15) is 10.2 Å². The average Bonchev–Trinajstić information content (AvgIpc) is 3.35. The minimum atomic E-state index is -0.990. The maximum absolute atomic E-state index is 12.6. The van der Waals surface area contributed by atoms with Gasteiger partial charge in [-0.15, -0.1) is 0 Å². The van der Waals surface area contributed by atoms with E-state index in [1.165, 1.54) is 11.0 Å². The van der Waals surface area contributed by atoms with Crippen LogP contribution in [0.1, 0.15) is 30.2 Å². The fraction of sp³-hybridized carbons (Fsp3) is 0.200. The molecule has 0 spiro atoms. The van der Waals surface area contributed by atoms with Crippen LogP contribution in [-0.2, 0) is 6.42 Å². The molecule has 0 atom stereocenters. The van der Waals surface area contributed by atoms with Crippen LogP contribution in [0.2, 0.25) is 0 Å². The standard InChI is InChI=1S/C25H25N5O3/c1-3-12-29(25(32)33)23-6-4-5-19(17(23)2)14-22-24(31)11-13-30(28-22)21-9-7-18(8-10-21)20-15-26-27-16-20/h4-11,13,15-16H,3,12,14H2,1-2H3,(H,26,27)(H,32,33). The summed E-state index contributed by atoms with van der Waals surface area (Å²) in [6.45, 7) is 4.23. The van der Waals surface area contributed by atoms with Crippen molar-refractivity contribution in [2.24, 2.45) is 0 Å². The molecule has 4 aromatic rings. The van der Waals surface area contributed by atoms with Crippen LogP contribution in [0.4, 0.5) is 10.5 Å². The molecule has 0 saturated carbocycles. The molecule has 0 bridgehead atoms. The van der Waals surface area contributed by atoms with E-state index in [4.69, 9.17) is 0 Å². The van der Waals surface area contributed by atoms with Crippen LogP contribution in [0.3, 0.4) is 0 Å². The molecular weight excluding hydrogens is 418 g/mol. The fourth-order valence-corrected chi connectivity index (χ4v) is 3.81. The summed E-state index contributed by atoms with van der Waals surface area (Å²) in [4.78, 5) is 25.6. The van der Waals surface area contributed by atoms with Crippen molar-refractivity contribution < 1.29 is 9.90 Å².